The number of amides is 2. The van der Waals surface area contributed by atoms with E-state index < -0.39 is 23.4 Å². The molecule has 0 fully saturated rings. The molecule has 2 amide bonds. The summed E-state index contributed by atoms with van der Waals surface area (Å²) >= 11 is 1.07. The molecule has 156 valence electrons. The number of carbonyl (C=O) groups excluding carboxylic acids is 2. The van der Waals surface area contributed by atoms with E-state index in [9.17, 15) is 18.4 Å². The average molecular weight is 440 g/mol. The summed E-state index contributed by atoms with van der Waals surface area (Å²) < 4.78 is 32.2. The molecule has 2 aromatic carbocycles. The van der Waals surface area contributed by atoms with Gasteiger partial charge in [-0.3, -0.25) is 9.59 Å². The van der Waals surface area contributed by atoms with E-state index in [1.54, 1.807) is 6.92 Å². The highest BCUT2D eigenvalue weighted by molar-refractivity contribution is 7.17. The van der Waals surface area contributed by atoms with Gasteiger partial charge in [0.2, 0.25) is 0 Å². The predicted octanol–water partition coefficient (Wildman–Crippen LogP) is 4.42. The molecule has 3 N–H and O–H groups in total. The Labute approximate surface area is 178 Å². The lowest BCUT2D eigenvalue weighted by atomic mass is 10.1. The molecule has 0 unspecified atom stereocenters. The summed E-state index contributed by atoms with van der Waals surface area (Å²) in [6.45, 7) is 1.68. The van der Waals surface area contributed by atoms with Crippen molar-refractivity contribution in [3.8, 4) is 10.9 Å². The maximum Gasteiger partial charge on any atom is 0.280 e. The first kappa shape index (κ1) is 20.4. The highest BCUT2D eigenvalue weighted by Gasteiger charge is 2.19. The van der Waals surface area contributed by atoms with E-state index in [0.717, 1.165) is 17.4 Å². The Morgan fingerprint density at radius 3 is 2.45 bits per heavy atom. The molecule has 10 heteroatoms. The van der Waals surface area contributed by atoms with Gasteiger partial charge >= 0.3 is 0 Å². The van der Waals surface area contributed by atoms with Crippen LogP contribution < -0.4 is 15.8 Å². The fraction of sp³-hybridized carbons (Fsp3) is 0.0476. The van der Waals surface area contributed by atoms with E-state index in [0.29, 0.717) is 21.8 Å². The topological polar surface area (TPSA) is 107 Å². The molecule has 0 aliphatic heterocycles. The molecule has 0 saturated heterocycles. The number of fused-ring (bicyclic) bond motifs is 1. The molecule has 0 saturated carbocycles. The SMILES string of the molecule is Cc1nc(Oc2ccc(F)cc2)sc1NC(=O)c1cc(C(N)=O)nc2cc(F)ccc12. The molecule has 4 rings (SSSR count). The first-order chi connectivity index (χ1) is 14.8. The molecule has 0 radical (unpaired) electrons. The Hall–Kier alpha value is -3.92. The van der Waals surface area contributed by atoms with Gasteiger partial charge in [-0.15, -0.1) is 0 Å². The van der Waals surface area contributed by atoms with Gasteiger partial charge in [0.15, 0.2) is 0 Å². The van der Waals surface area contributed by atoms with Crippen LogP contribution in [0.1, 0.15) is 26.5 Å². The summed E-state index contributed by atoms with van der Waals surface area (Å²) in [5, 5.41) is 3.73. The van der Waals surface area contributed by atoms with Gasteiger partial charge in [-0.25, -0.2) is 18.7 Å². The fourth-order valence-electron chi connectivity index (χ4n) is 2.82. The third kappa shape index (κ3) is 4.33. The third-order valence-electron chi connectivity index (χ3n) is 4.29. The molecular weight excluding hydrogens is 426 g/mol. The zero-order valence-corrected chi connectivity index (χ0v) is 16.8. The van der Waals surface area contributed by atoms with Crippen LogP contribution in [0.15, 0.2) is 48.5 Å². The Kier molecular flexibility index (Phi) is 5.30. The number of carbonyl (C=O) groups is 2. The lowest BCUT2D eigenvalue weighted by molar-refractivity contribution is 0.0996. The third-order valence-corrected chi connectivity index (χ3v) is 5.24. The summed E-state index contributed by atoms with van der Waals surface area (Å²) in [6.07, 6.45) is 0. The van der Waals surface area contributed by atoms with Crippen molar-refractivity contribution in [3.63, 3.8) is 0 Å². The number of anilines is 1. The summed E-state index contributed by atoms with van der Waals surface area (Å²) in [4.78, 5) is 32.8. The number of nitrogens with one attached hydrogen (secondary N) is 1. The number of hydrogen-bond donors (Lipinski definition) is 2. The molecule has 0 aliphatic rings. The number of aromatic nitrogens is 2. The molecule has 2 aromatic heterocycles. The smallest absolute Gasteiger partial charge is 0.280 e. The van der Waals surface area contributed by atoms with Crippen molar-refractivity contribution in [3.05, 3.63) is 77.1 Å². The molecule has 0 bridgehead atoms. The van der Waals surface area contributed by atoms with Crippen molar-refractivity contribution in [1.82, 2.24) is 9.97 Å². The first-order valence-corrected chi connectivity index (χ1v) is 9.74. The quantitative estimate of drug-likeness (QED) is 0.478. The van der Waals surface area contributed by atoms with Gasteiger partial charge in [0.05, 0.1) is 16.8 Å². The van der Waals surface area contributed by atoms with Crippen molar-refractivity contribution in [2.75, 3.05) is 5.32 Å². The second-order valence-corrected chi connectivity index (χ2v) is 7.45. The number of ether oxygens (including phenoxy) is 1. The van der Waals surface area contributed by atoms with Crippen molar-refractivity contribution in [2.45, 2.75) is 6.92 Å². The molecule has 0 aliphatic carbocycles. The second kappa shape index (κ2) is 8.07. The van der Waals surface area contributed by atoms with Crippen LogP contribution in [0.5, 0.6) is 10.9 Å². The first-order valence-electron chi connectivity index (χ1n) is 8.92. The molecule has 4 aromatic rings. The number of halogens is 2. The molecule has 7 nitrogen and oxygen atoms in total. The van der Waals surface area contributed by atoms with Gasteiger partial charge < -0.3 is 15.8 Å². The van der Waals surface area contributed by atoms with Crippen LogP contribution in [-0.4, -0.2) is 21.8 Å². The molecular formula is C21H14F2N4O3S. The molecule has 2 heterocycles. The summed E-state index contributed by atoms with van der Waals surface area (Å²) in [5.41, 5.74) is 5.86. The largest absolute Gasteiger partial charge is 0.431 e. The van der Waals surface area contributed by atoms with Gasteiger partial charge in [-0.1, -0.05) is 11.3 Å². The van der Waals surface area contributed by atoms with Gasteiger partial charge in [-0.05, 0) is 49.4 Å². The van der Waals surface area contributed by atoms with Crippen LogP contribution in [0.2, 0.25) is 0 Å². The van der Waals surface area contributed by atoms with Crippen LogP contribution in [0.25, 0.3) is 10.9 Å². The molecule has 0 atom stereocenters. The zero-order chi connectivity index (χ0) is 22.1. The minimum atomic E-state index is -0.843. The van der Waals surface area contributed by atoms with E-state index in [-0.39, 0.29) is 22.0 Å². The second-order valence-electron chi connectivity index (χ2n) is 6.49. The Morgan fingerprint density at radius 2 is 1.74 bits per heavy atom. The number of benzene rings is 2. The van der Waals surface area contributed by atoms with E-state index >= 15 is 0 Å². The van der Waals surface area contributed by atoms with Crippen LogP contribution >= 0.6 is 11.3 Å². The van der Waals surface area contributed by atoms with Gasteiger partial charge in [0.1, 0.15) is 28.1 Å². The van der Waals surface area contributed by atoms with Crippen molar-refractivity contribution >= 4 is 39.1 Å². The van der Waals surface area contributed by atoms with Crippen molar-refractivity contribution in [1.29, 1.82) is 0 Å². The molecule has 31 heavy (non-hydrogen) atoms. The number of nitrogens with two attached hydrogens (primary N) is 1. The van der Waals surface area contributed by atoms with E-state index in [1.807, 2.05) is 0 Å². The summed E-state index contributed by atoms with van der Waals surface area (Å²) in [6, 6.07) is 10.4. The number of thiazole rings is 1. The van der Waals surface area contributed by atoms with Crippen LogP contribution in [0.3, 0.4) is 0 Å². The number of nitrogens with zero attached hydrogens (tertiary/aromatic N) is 2. The lowest BCUT2D eigenvalue weighted by Crippen LogP contribution is -2.17. The highest BCUT2D eigenvalue weighted by atomic mass is 32.1. The summed E-state index contributed by atoms with van der Waals surface area (Å²) in [7, 11) is 0. The van der Waals surface area contributed by atoms with Gasteiger partial charge in [0, 0.05) is 11.5 Å². The Bertz CT molecular complexity index is 1320. The zero-order valence-electron chi connectivity index (χ0n) is 16.0. The number of hydrogen-bond acceptors (Lipinski definition) is 6. The maximum atomic E-state index is 13.6. The van der Waals surface area contributed by atoms with Gasteiger partial charge in [0.25, 0.3) is 17.0 Å². The number of rotatable bonds is 5. The van der Waals surface area contributed by atoms with E-state index in [4.69, 9.17) is 10.5 Å². The maximum absolute atomic E-state index is 13.6. The van der Waals surface area contributed by atoms with E-state index in [2.05, 4.69) is 15.3 Å². The fourth-order valence-corrected chi connectivity index (χ4v) is 3.65. The van der Waals surface area contributed by atoms with Crippen LogP contribution in [0.4, 0.5) is 13.8 Å². The molecule has 0 spiro atoms. The minimum Gasteiger partial charge on any atom is -0.431 e. The summed E-state index contributed by atoms with van der Waals surface area (Å²) in [5.74, 6) is -1.96. The number of primary amides is 1. The number of pyridine rings is 1. The van der Waals surface area contributed by atoms with Crippen molar-refractivity contribution < 1.29 is 23.1 Å². The predicted molar refractivity (Wildman–Crippen MR) is 111 cm³/mol. The normalized spacial score (nSPS) is 10.8. The minimum absolute atomic E-state index is 0.104. The lowest BCUT2D eigenvalue weighted by Gasteiger charge is -2.09. The highest BCUT2D eigenvalue weighted by Crippen LogP contribution is 2.33. The Morgan fingerprint density at radius 1 is 1.03 bits per heavy atom. The monoisotopic (exact) mass is 440 g/mol. The van der Waals surface area contributed by atoms with Crippen LogP contribution in [-0.2, 0) is 0 Å². The number of aryl methyl sites for hydroxylation is 1. The standard InChI is InChI=1S/C21H14F2N4O3S/c1-10-20(31-21(25-10)30-13-5-2-11(22)3-6-13)27-19(29)15-9-17(18(24)28)26-16-8-12(23)4-7-14(15)16/h2-9H,1H3,(H2,24,28)(H,27,29). The Balaban J connectivity index is 1.64. The van der Waals surface area contributed by atoms with Crippen molar-refractivity contribution in [2.24, 2.45) is 5.73 Å². The van der Waals surface area contributed by atoms with Crippen LogP contribution in [0, 0.1) is 18.6 Å². The van der Waals surface area contributed by atoms with Gasteiger partial charge in [-0.2, -0.15) is 0 Å². The average Bonchev–Trinajstić information content (AvgIpc) is 3.07. The van der Waals surface area contributed by atoms with E-state index in [1.165, 1.54) is 42.5 Å².